The van der Waals surface area contributed by atoms with Crippen molar-refractivity contribution in [3.8, 4) is 5.75 Å². The van der Waals surface area contributed by atoms with Crippen LogP contribution in [0, 0.1) is 76.9 Å². The number of hydroxylamine groups is 4. The van der Waals surface area contributed by atoms with Crippen molar-refractivity contribution in [3.63, 3.8) is 0 Å². The molecule has 2 bridgehead atoms. The lowest BCUT2D eigenvalue weighted by Gasteiger charge is -2.27. The first-order valence-electron chi connectivity index (χ1n) is 46.3. The minimum absolute atomic E-state index is 0.00846. The highest BCUT2D eigenvalue weighted by atomic mass is 16.5. The summed E-state index contributed by atoms with van der Waals surface area (Å²) >= 11 is 0. The Kier molecular flexibility index (Phi) is 43.5. The van der Waals surface area contributed by atoms with Gasteiger partial charge in [0.25, 0.3) is 0 Å². The molecule has 2 aliphatic rings. The number of H-pyrrole nitrogens is 4. The third kappa shape index (κ3) is 33.3. The number of Topliss-reactive ketones (excluding diaryl/α,β-unsaturated/α-hetero) is 6. The van der Waals surface area contributed by atoms with Crippen molar-refractivity contribution >= 4 is 96.9 Å². The number of fused-ring (bicyclic) bond motifs is 15. The van der Waals surface area contributed by atoms with Gasteiger partial charge in [-0.05, 0) is 187 Å². The molecule has 27 heteroatoms. The number of carbonyl (C=O) groups excluding carboxylic acids is 11. The van der Waals surface area contributed by atoms with Gasteiger partial charge in [0.2, 0.25) is 29.5 Å². The van der Waals surface area contributed by atoms with Gasteiger partial charge in [0.15, 0.2) is 11.6 Å². The van der Waals surface area contributed by atoms with E-state index in [1.54, 1.807) is 58.7 Å². The molecular formula is C105H137N11O16. The van der Waals surface area contributed by atoms with Crippen LogP contribution >= 0.6 is 0 Å². The van der Waals surface area contributed by atoms with Crippen molar-refractivity contribution in [2.45, 2.75) is 190 Å². The van der Waals surface area contributed by atoms with Gasteiger partial charge < -0.3 is 34.9 Å². The maximum absolute atomic E-state index is 13.8. The molecule has 0 saturated carbocycles. The van der Waals surface area contributed by atoms with Crippen LogP contribution in [0.3, 0.4) is 0 Å². The topological polar surface area (TPSA) is 417 Å². The highest BCUT2D eigenvalue weighted by Gasteiger charge is 2.39. The van der Waals surface area contributed by atoms with Crippen molar-refractivity contribution in [1.82, 2.24) is 57.1 Å². The predicted molar refractivity (Wildman–Crippen MR) is 511 cm³/mol. The fourth-order valence-electron chi connectivity index (χ4n) is 17.8. The van der Waals surface area contributed by atoms with Crippen LogP contribution in [0.4, 0.5) is 0 Å². The Labute approximate surface area is 774 Å². The summed E-state index contributed by atoms with van der Waals surface area (Å²) in [6.07, 6.45) is 19.0. The summed E-state index contributed by atoms with van der Waals surface area (Å²) in [6, 6.07) is 49.9. The first-order chi connectivity index (χ1) is 63.4. The molecule has 10 atom stereocenters. The number of aromatic amines is 4. The highest BCUT2D eigenvalue weighted by molar-refractivity contribution is 6.10. The predicted octanol–water partition coefficient (Wildman–Crippen LogP) is 17.6. The molecule has 0 fully saturated rings. The number of ether oxygens (including phenoxy) is 1. The number of nitrogens with zero attached hydrogens (tertiary/aromatic N) is 2. The number of amides is 5. The molecule has 6 aromatic carbocycles. The van der Waals surface area contributed by atoms with Gasteiger partial charge in [0.05, 0.1) is 12.5 Å². The highest BCUT2D eigenvalue weighted by Crippen LogP contribution is 2.36. The molecule has 0 radical (unpaired) electrons. The molecule has 2 aliphatic heterocycles. The second-order valence-corrected chi connectivity index (χ2v) is 36.9. The van der Waals surface area contributed by atoms with Gasteiger partial charge in [0, 0.05) is 173 Å². The zero-order valence-corrected chi connectivity index (χ0v) is 78.1. The van der Waals surface area contributed by atoms with E-state index in [0.717, 1.165) is 92.3 Å². The standard InChI is InChI=1S/C29H34N2O4.C28H35NO5.C26H40N4O4.C22H28N4O3/c1-4-10-23(29(34)31-35)24(15-19(2)3)27(32)17-21(16-20-11-6-5-7-12-20)28(33)25-18-30-26-14-9-8-13-22(25)26;1-19(2)16-25-24(28(32)29-33)10-6-7-15-34-23-13-11-20(12-14-23)17-22(18-26(25)30)27(31)21-8-4-3-5-9-21;1-18(2)13-19(16-25(32)29-34)24(31)15-20(26(33)27-11-7-8-12-30(3)4)14-21-17-28-23-10-6-5-9-22(21)23;1-14(2)9-15(12-21(28)26-29)20(27)11-16(22-23-7-8-24-22)10-17-13-25-19-6-4-3-5-18(17)19/h4-9,11-14,18-19,21,23-24,30,35H,1,10,15-17H2,2-3H3,(H,31,34);3-5,8-9,11-14,19,22,24-25,33H,6-7,10,15-18H2,1-2H3,(H,29,32);5-6,9-10,17-20,28,34H,7-8,11-16H2,1-4H3,(H,27,33)(H,29,32);3-8,13-16,25,29H,9-12H2,1-2H3,(H,23,24)(H,26,28)/t21-,23+,24-;22-,24+,25-;19-,20-;15-,16-/m1111/s1. The zero-order chi connectivity index (χ0) is 95.8. The van der Waals surface area contributed by atoms with E-state index in [9.17, 15) is 63.2 Å². The molecule has 10 aromatic rings. The Hall–Kier alpha value is -12.1. The first kappa shape index (κ1) is 105. The lowest BCUT2D eigenvalue weighted by Crippen LogP contribution is -2.38. The Balaban J connectivity index is 0.000000217. The molecule has 0 spiro atoms. The summed E-state index contributed by atoms with van der Waals surface area (Å²) < 4.78 is 5.83. The maximum atomic E-state index is 13.8. The molecule has 6 heterocycles. The van der Waals surface area contributed by atoms with Crippen molar-refractivity contribution in [3.05, 3.63) is 241 Å². The Bertz CT molecular complexity index is 5310. The molecular weight excluding hydrogens is 1670 g/mol. The second-order valence-electron chi connectivity index (χ2n) is 36.9. The van der Waals surface area contributed by atoms with Crippen LogP contribution in [0.1, 0.15) is 213 Å². The molecule has 4 aromatic heterocycles. The number of unbranched alkanes of at least 4 members (excludes halogenated alkanes) is 1. The molecule has 0 saturated heterocycles. The fourth-order valence-corrected chi connectivity index (χ4v) is 17.8. The number of benzene rings is 6. The van der Waals surface area contributed by atoms with E-state index in [2.05, 4.69) is 47.8 Å². The second kappa shape index (κ2) is 54.6. The average Bonchev–Trinajstić information content (AvgIpc) is 1.65. The number of nitrogens with one attached hydrogen (secondary N) is 9. The normalized spacial score (nSPS) is 15.7. The number of allylic oxidation sites excluding steroid dienone is 1. The van der Waals surface area contributed by atoms with Crippen LogP contribution in [0.15, 0.2) is 201 Å². The van der Waals surface area contributed by atoms with Crippen LogP contribution in [0.25, 0.3) is 32.7 Å². The van der Waals surface area contributed by atoms with Crippen LogP contribution in [-0.4, -0.2) is 149 Å². The third-order valence-electron chi connectivity index (χ3n) is 24.3. The van der Waals surface area contributed by atoms with Crippen molar-refractivity contribution in [2.24, 2.45) is 76.9 Å². The largest absolute Gasteiger partial charge is 0.494 e. The number of hydrogen-bond acceptors (Lipinski definition) is 18. The lowest BCUT2D eigenvalue weighted by atomic mass is 9.75. The Morgan fingerprint density at radius 2 is 1.08 bits per heavy atom. The van der Waals surface area contributed by atoms with E-state index in [0.29, 0.717) is 88.5 Å². The number of carbonyl (C=O) groups is 11. The average molecular weight is 1810 g/mol. The van der Waals surface area contributed by atoms with Crippen LogP contribution < -0.4 is 32.0 Å². The molecule has 132 heavy (non-hydrogen) atoms. The summed E-state index contributed by atoms with van der Waals surface area (Å²) in [7, 11) is 4.04. The molecule has 13 N–H and O–H groups in total. The van der Waals surface area contributed by atoms with E-state index in [1.807, 2.05) is 221 Å². The van der Waals surface area contributed by atoms with Gasteiger partial charge in [-0.2, -0.15) is 0 Å². The summed E-state index contributed by atoms with van der Waals surface area (Å²) in [5, 5.41) is 42.5. The molecule has 708 valence electrons. The molecule has 0 aliphatic carbocycles. The number of para-hydroxylation sites is 3. The van der Waals surface area contributed by atoms with Gasteiger partial charge >= 0.3 is 0 Å². The number of aromatic nitrogens is 5. The van der Waals surface area contributed by atoms with Crippen LogP contribution in [0.5, 0.6) is 5.75 Å². The Morgan fingerprint density at radius 1 is 0.530 bits per heavy atom. The minimum Gasteiger partial charge on any atom is -0.494 e. The van der Waals surface area contributed by atoms with E-state index < -0.39 is 76.9 Å². The van der Waals surface area contributed by atoms with Gasteiger partial charge in [-0.3, -0.25) is 73.6 Å². The number of hydrogen-bond donors (Lipinski definition) is 13. The third-order valence-corrected chi connectivity index (χ3v) is 24.3. The van der Waals surface area contributed by atoms with Crippen LogP contribution in [-0.2, 0) is 68.8 Å². The lowest BCUT2D eigenvalue weighted by molar-refractivity contribution is -0.140. The smallest absolute Gasteiger partial charge is 0.247 e. The maximum Gasteiger partial charge on any atom is 0.247 e. The summed E-state index contributed by atoms with van der Waals surface area (Å²) in [5.74, 6) is -5.94. The van der Waals surface area contributed by atoms with Gasteiger partial charge in [0.1, 0.15) is 34.7 Å². The minimum atomic E-state index is -0.743. The number of ketones is 6. The van der Waals surface area contributed by atoms with E-state index in [-0.39, 0.29) is 115 Å². The molecule has 27 nitrogen and oxygen atoms in total. The van der Waals surface area contributed by atoms with Gasteiger partial charge in [-0.1, -0.05) is 189 Å². The summed E-state index contributed by atoms with van der Waals surface area (Å²) in [4.78, 5) is 162. The summed E-state index contributed by atoms with van der Waals surface area (Å²) in [5.41, 5.74) is 14.8. The van der Waals surface area contributed by atoms with Crippen LogP contribution in [0.2, 0.25) is 0 Å². The van der Waals surface area contributed by atoms with Crippen molar-refractivity contribution < 1.29 is 78.3 Å². The molecule has 5 amide bonds. The Morgan fingerprint density at radius 3 is 1.62 bits per heavy atom. The van der Waals surface area contributed by atoms with Crippen molar-refractivity contribution in [2.75, 3.05) is 33.8 Å². The first-order valence-corrected chi connectivity index (χ1v) is 46.3. The van der Waals surface area contributed by atoms with E-state index in [1.165, 1.54) is 0 Å². The van der Waals surface area contributed by atoms with Crippen molar-refractivity contribution in [1.29, 1.82) is 0 Å². The van der Waals surface area contributed by atoms with E-state index in [4.69, 9.17) is 15.2 Å². The van der Waals surface area contributed by atoms with Gasteiger partial charge in [-0.15, -0.1) is 6.58 Å². The van der Waals surface area contributed by atoms with E-state index >= 15 is 0 Å². The monoisotopic (exact) mass is 1810 g/mol. The fraction of sp³-hybridized carbons (Fsp3) is 0.448. The zero-order valence-electron chi connectivity index (χ0n) is 78.1. The molecule has 12 rings (SSSR count). The van der Waals surface area contributed by atoms with Gasteiger partial charge in [-0.25, -0.2) is 26.9 Å². The SMILES string of the molecule is C=CC[C@H](C(=O)NO)[C@@H](CC(C)C)C(=O)C[C@@H](Cc1ccccc1)C(=O)c1c[nH]c2ccccc12.CC(C)C[C@H](CC(=O)NO)C(=O)C[C@@H](Cc1c[nH]c2ccccc12)C(=O)NCCCCN(C)C.CC(C)C[C@H](CC(=O)NO)C(=O)C[C@@H](Cc1c[nH]c2ccccc12)c1ncc[nH]1.CC(C)C[C@H]1C(=O)C[C@H](C(=O)c2ccccc2)Cc2ccc(cc2)OCCCC[C@@H]1C(=O)NO. The summed E-state index contributed by atoms with van der Waals surface area (Å²) in [6.45, 7) is 21.8. The number of imidazole rings is 1. The molecule has 0 unspecified atom stereocenters. The number of rotatable bonds is 43. The quantitative estimate of drug-likeness (QED) is 0.00555.